The third kappa shape index (κ3) is 2.13. The largest absolute Gasteiger partial charge is 0.374 e. The summed E-state index contributed by atoms with van der Waals surface area (Å²) in [7, 11) is 0. The lowest BCUT2D eigenvalue weighted by Crippen LogP contribution is -2.48. The Labute approximate surface area is 166 Å². The van der Waals surface area contributed by atoms with E-state index in [1.54, 1.807) is 17.5 Å². The number of thiophene rings is 1. The summed E-state index contributed by atoms with van der Waals surface area (Å²) in [6, 6.07) is 9.95. The number of aliphatic imine (C=N–C) groups is 1. The molecule has 0 amide bonds. The van der Waals surface area contributed by atoms with Crippen LogP contribution in [0.3, 0.4) is 0 Å². The molecule has 1 N–H and O–H groups in total. The Morgan fingerprint density at radius 2 is 2.07 bits per heavy atom. The molecule has 2 aromatic heterocycles. The SMILES string of the molecule is O=C1c2c(sc3c2CCCC3)N=C2N(c3ccc4ncccc4c3)CC[C@@]12O. The molecule has 2 aliphatic heterocycles. The van der Waals surface area contributed by atoms with Crippen LogP contribution in [0.4, 0.5) is 10.7 Å². The standard InChI is InChI=1S/C22H19N3O2S/c26-19-18-15-5-1-2-6-17(15)28-20(18)24-21-22(19,27)9-11-25(21)14-7-8-16-13(12-14)4-3-10-23-16/h3-4,7-8,10,12,27H,1-2,5-6,9,11H2/t22-/m1/s1. The number of pyridine rings is 1. The minimum absolute atomic E-state index is 0.156. The fourth-order valence-electron chi connectivity index (χ4n) is 4.73. The van der Waals surface area contributed by atoms with Crippen molar-refractivity contribution in [2.75, 3.05) is 11.4 Å². The van der Waals surface area contributed by atoms with Crippen LogP contribution in [0, 0.1) is 0 Å². The van der Waals surface area contributed by atoms with E-state index in [0.29, 0.717) is 24.4 Å². The molecule has 0 unspecified atom stereocenters. The van der Waals surface area contributed by atoms with Crippen LogP contribution in [0.5, 0.6) is 0 Å². The Morgan fingerprint density at radius 3 is 3.00 bits per heavy atom. The summed E-state index contributed by atoms with van der Waals surface area (Å²) < 4.78 is 0. The van der Waals surface area contributed by atoms with Crippen LogP contribution in [-0.2, 0) is 12.8 Å². The number of fused-ring (bicyclic) bond motifs is 5. The van der Waals surface area contributed by atoms with Gasteiger partial charge in [0.15, 0.2) is 11.4 Å². The number of Topliss-reactive ketones (excluding diaryl/α,β-unsaturated/α-hetero) is 1. The summed E-state index contributed by atoms with van der Waals surface area (Å²) in [5.74, 6) is 0.323. The molecule has 1 saturated heterocycles. The molecule has 140 valence electrons. The summed E-state index contributed by atoms with van der Waals surface area (Å²) >= 11 is 1.63. The Balaban J connectivity index is 1.50. The van der Waals surface area contributed by atoms with Gasteiger partial charge in [-0.1, -0.05) is 6.07 Å². The Bertz CT molecular complexity index is 1180. The highest BCUT2D eigenvalue weighted by atomic mass is 32.1. The fraction of sp³-hybridized carbons (Fsp3) is 0.318. The van der Waals surface area contributed by atoms with E-state index in [9.17, 15) is 9.90 Å². The summed E-state index contributed by atoms with van der Waals surface area (Å²) in [5.41, 5.74) is 2.19. The van der Waals surface area contributed by atoms with Crippen LogP contribution in [-0.4, -0.2) is 33.9 Å². The summed E-state index contributed by atoms with van der Waals surface area (Å²) in [6.45, 7) is 0.573. The number of hydrogen-bond acceptors (Lipinski definition) is 6. The number of carbonyl (C=O) groups excluding carboxylic acids is 1. The molecule has 6 rings (SSSR count). The summed E-state index contributed by atoms with van der Waals surface area (Å²) in [6.07, 6.45) is 6.37. The van der Waals surface area contributed by atoms with Crippen LogP contribution in [0.2, 0.25) is 0 Å². The van der Waals surface area contributed by atoms with Crippen molar-refractivity contribution in [2.24, 2.45) is 4.99 Å². The number of benzene rings is 1. The van der Waals surface area contributed by atoms with Gasteiger partial charge in [0.05, 0.1) is 11.1 Å². The van der Waals surface area contributed by atoms with E-state index in [4.69, 9.17) is 4.99 Å². The van der Waals surface area contributed by atoms with Gasteiger partial charge in [-0.15, -0.1) is 11.3 Å². The van der Waals surface area contributed by atoms with Crippen LogP contribution in [0.15, 0.2) is 41.5 Å². The smallest absolute Gasteiger partial charge is 0.205 e. The number of rotatable bonds is 1. The minimum atomic E-state index is -1.51. The first-order valence-corrected chi connectivity index (χ1v) is 10.6. The van der Waals surface area contributed by atoms with Gasteiger partial charge in [0.2, 0.25) is 5.78 Å². The molecule has 6 heteroatoms. The molecule has 1 fully saturated rings. The Hall–Kier alpha value is -2.57. The van der Waals surface area contributed by atoms with Gasteiger partial charge in [0, 0.05) is 35.1 Å². The minimum Gasteiger partial charge on any atom is -0.374 e. The highest BCUT2D eigenvalue weighted by Gasteiger charge is 2.53. The van der Waals surface area contributed by atoms with Crippen molar-refractivity contribution >= 4 is 44.5 Å². The molecular formula is C22H19N3O2S. The van der Waals surface area contributed by atoms with E-state index >= 15 is 0 Å². The van der Waals surface area contributed by atoms with Gasteiger partial charge in [0.25, 0.3) is 0 Å². The van der Waals surface area contributed by atoms with E-state index in [2.05, 4.69) is 11.1 Å². The quantitative estimate of drug-likeness (QED) is 0.682. The second-order valence-corrected chi connectivity index (χ2v) is 8.88. The molecule has 1 atom stereocenters. The molecule has 0 spiro atoms. The highest BCUT2D eigenvalue weighted by Crippen LogP contribution is 2.47. The number of ketones is 1. The zero-order valence-electron chi connectivity index (χ0n) is 15.3. The topological polar surface area (TPSA) is 65.8 Å². The average molecular weight is 389 g/mol. The number of amidine groups is 1. The first kappa shape index (κ1) is 16.4. The normalized spacial score (nSPS) is 23.4. The monoisotopic (exact) mass is 389 g/mol. The molecule has 0 bridgehead atoms. The van der Waals surface area contributed by atoms with Crippen molar-refractivity contribution in [2.45, 2.75) is 37.7 Å². The van der Waals surface area contributed by atoms with Gasteiger partial charge in [-0.25, -0.2) is 4.99 Å². The van der Waals surface area contributed by atoms with E-state index in [1.165, 1.54) is 11.3 Å². The average Bonchev–Trinajstić information content (AvgIpc) is 3.26. The van der Waals surface area contributed by atoms with E-state index in [-0.39, 0.29) is 5.78 Å². The van der Waals surface area contributed by atoms with Crippen LogP contribution in [0.1, 0.15) is 40.1 Å². The van der Waals surface area contributed by atoms with Gasteiger partial charge < -0.3 is 10.0 Å². The maximum Gasteiger partial charge on any atom is 0.205 e. The lowest BCUT2D eigenvalue weighted by Gasteiger charge is -2.29. The van der Waals surface area contributed by atoms with Crippen molar-refractivity contribution in [1.82, 2.24) is 4.98 Å². The zero-order valence-corrected chi connectivity index (χ0v) is 16.1. The van der Waals surface area contributed by atoms with Crippen molar-refractivity contribution in [3.05, 3.63) is 52.5 Å². The van der Waals surface area contributed by atoms with E-state index in [1.807, 2.05) is 29.2 Å². The maximum absolute atomic E-state index is 13.4. The lowest BCUT2D eigenvalue weighted by atomic mass is 9.85. The number of hydrogen-bond donors (Lipinski definition) is 1. The molecule has 28 heavy (non-hydrogen) atoms. The second-order valence-electron chi connectivity index (χ2n) is 7.80. The molecular weight excluding hydrogens is 370 g/mol. The molecule has 1 aliphatic carbocycles. The van der Waals surface area contributed by atoms with Crippen molar-refractivity contribution in [3.8, 4) is 0 Å². The predicted molar refractivity (Wildman–Crippen MR) is 111 cm³/mol. The number of aliphatic hydroxyl groups is 1. The van der Waals surface area contributed by atoms with Crippen LogP contribution >= 0.6 is 11.3 Å². The molecule has 1 aromatic carbocycles. The van der Waals surface area contributed by atoms with Gasteiger partial charge in [-0.3, -0.25) is 9.78 Å². The van der Waals surface area contributed by atoms with Crippen molar-refractivity contribution in [1.29, 1.82) is 0 Å². The lowest BCUT2D eigenvalue weighted by molar-refractivity contribution is 0.0601. The van der Waals surface area contributed by atoms with Crippen molar-refractivity contribution < 1.29 is 9.90 Å². The highest BCUT2D eigenvalue weighted by molar-refractivity contribution is 7.16. The van der Waals surface area contributed by atoms with Gasteiger partial charge >= 0.3 is 0 Å². The zero-order chi connectivity index (χ0) is 18.9. The van der Waals surface area contributed by atoms with Gasteiger partial charge in [0.1, 0.15) is 5.00 Å². The van der Waals surface area contributed by atoms with Gasteiger partial charge in [-0.05, 0) is 55.5 Å². The number of carbonyl (C=O) groups is 1. The molecule has 4 heterocycles. The Kier molecular flexibility index (Phi) is 3.35. The van der Waals surface area contributed by atoms with E-state index < -0.39 is 5.60 Å². The molecule has 0 radical (unpaired) electrons. The molecule has 3 aliphatic rings. The van der Waals surface area contributed by atoms with Crippen LogP contribution in [0.25, 0.3) is 10.9 Å². The third-order valence-corrected chi connectivity index (χ3v) is 7.37. The van der Waals surface area contributed by atoms with E-state index in [0.717, 1.165) is 46.4 Å². The first-order chi connectivity index (χ1) is 13.6. The Morgan fingerprint density at radius 1 is 1.18 bits per heavy atom. The number of aryl methyl sites for hydroxylation is 1. The van der Waals surface area contributed by atoms with Gasteiger partial charge in [-0.2, -0.15) is 0 Å². The molecule has 5 nitrogen and oxygen atoms in total. The van der Waals surface area contributed by atoms with Crippen molar-refractivity contribution in [3.63, 3.8) is 0 Å². The third-order valence-electron chi connectivity index (χ3n) is 6.18. The predicted octanol–water partition coefficient (Wildman–Crippen LogP) is 4.04. The summed E-state index contributed by atoms with van der Waals surface area (Å²) in [4.78, 5) is 25.9. The molecule has 0 saturated carbocycles. The number of nitrogens with zero attached hydrogens (tertiary/aromatic N) is 3. The van der Waals surface area contributed by atoms with Crippen LogP contribution < -0.4 is 4.90 Å². The summed E-state index contributed by atoms with van der Waals surface area (Å²) in [5, 5.41) is 13.2. The fourth-order valence-corrected chi connectivity index (χ4v) is 5.99. The number of aromatic nitrogens is 1. The number of anilines is 1. The first-order valence-electron chi connectivity index (χ1n) is 9.78. The maximum atomic E-state index is 13.4. The second kappa shape index (κ2) is 5.72. The molecule has 3 aromatic rings.